The van der Waals surface area contributed by atoms with E-state index in [-0.39, 0.29) is 0 Å². The number of hydrogen-bond acceptors (Lipinski definition) is 1. The zero-order valence-electron chi connectivity index (χ0n) is 7.86. The van der Waals surface area contributed by atoms with Crippen molar-refractivity contribution >= 4 is 5.78 Å². The van der Waals surface area contributed by atoms with E-state index in [1.165, 1.54) is 6.42 Å². The van der Waals surface area contributed by atoms with Crippen molar-refractivity contribution in [3.63, 3.8) is 0 Å². The average Bonchev–Trinajstić information content (AvgIpc) is 2.76. The molecular formula is C12H14O. The van der Waals surface area contributed by atoms with Gasteiger partial charge in [0.05, 0.1) is 0 Å². The van der Waals surface area contributed by atoms with Gasteiger partial charge >= 0.3 is 0 Å². The van der Waals surface area contributed by atoms with Crippen LogP contribution in [0, 0.1) is 23.7 Å². The smallest absolute Gasteiger partial charge is 0.162 e. The first kappa shape index (κ1) is 7.54. The van der Waals surface area contributed by atoms with Crippen molar-refractivity contribution in [1.82, 2.24) is 0 Å². The van der Waals surface area contributed by atoms with Crippen molar-refractivity contribution in [2.45, 2.75) is 19.8 Å². The summed E-state index contributed by atoms with van der Waals surface area (Å²) in [5, 5.41) is 0. The fourth-order valence-electron chi connectivity index (χ4n) is 3.28. The molecule has 1 nitrogen and oxygen atoms in total. The molecule has 0 aromatic rings. The molecule has 0 saturated heterocycles. The molecule has 0 heterocycles. The van der Waals surface area contributed by atoms with Gasteiger partial charge in [0.2, 0.25) is 0 Å². The first-order valence-electron chi connectivity index (χ1n) is 5.24. The molecule has 0 amide bonds. The van der Waals surface area contributed by atoms with Crippen LogP contribution in [0.15, 0.2) is 23.8 Å². The first-order chi connectivity index (χ1) is 6.31. The molecule has 1 saturated carbocycles. The molecule has 13 heavy (non-hydrogen) atoms. The van der Waals surface area contributed by atoms with Gasteiger partial charge in [-0.25, -0.2) is 0 Å². The van der Waals surface area contributed by atoms with Crippen molar-refractivity contribution in [3.8, 4) is 0 Å². The monoisotopic (exact) mass is 174 g/mol. The van der Waals surface area contributed by atoms with Gasteiger partial charge in [0.25, 0.3) is 0 Å². The van der Waals surface area contributed by atoms with E-state index in [9.17, 15) is 4.79 Å². The van der Waals surface area contributed by atoms with Crippen LogP contribution in [0.1, 0.15) is 19.8 Å². The van der Waals surface area contributed by atoms with Gasteiger partial charge in [-0.3, -0.25) is 4.79 Å². The molecule has 0 N–H and O–H groups in total. The molecule has 3 aliphatic rings. The quantitative estimate of drug-likeness (QED) is 0.558. The Kier molecular flexibility index (Phi) is 1.36. The second kappa shape index (κ2) is 2.34. The van der Waals surface area contributed by atoms with E-state index >= 15 is 0 Å². The van der Waals surface area contributed by atoms with Crippen molar-refractivity contribution in [2.75, 3.05) is 0 Å². The minimum absolute atomic E-state index is 0.338. The lowest BCUT2D eigenvalue weighted by molar-refractivity contribution is -0.119. The Hall–Kier alpha value is -0.850. The van der Waals surface area contributed by atoms with Crippen LogP contribution in [0.5, 0.6) is 0 Å². The van der Waals surface area contributed by atoms with E-state index in [1.807, 2.05) is 0 Å². The highest BCUT2D eigenvalue weighted by Crippen LogP contribution is 2.53. The van der Waals surface area contributed by atoms with Gasteiger partial charge < -0.3 is 0 Å². The number of carbonyl (C=O) groups is 1. The molecule has 68 valence electrons. The molecular weight excluding hydrogens is 160 g/mol. The van der Waals surface area contributed by atoms with E-state index in [1.54, 1.807) is 0 Å². The Morgan fingerprint density at radius 2 is 2.15 bits per heavy atom. The molecule has 0 spiro atoms. The van der Waals surface area contributed by atoms with Crippen molar-refractivity contribution < 1.29 is 4.79 Å². The summed E-state index contributed by atoms with van der Waals surface area (Å²) in [4.78, 5) is 11.9. The van der Waals surface area contributed by atoms with Gasteiger partial charge in [0.1, 0.15) is 0 Å². The summed E-state index contributed by atoms with van der Waals surface area (Å²) in [6.45, 7) is 2.08. The van der Waals surface area contributed by atoms with E-state index in [0.717, 1.165) is 12.0 Å². The van der Waals surface area contributed by atoms with Gasteiger partial charge in [-0.05, 0) is 36.2 Å². The number of Topliss-reactive ketones (excluding diaryl/α,β-unsaturated/α-hetero) is 1. The zero-order valence-corrected chi connectivity index (χ0v) is 7.86. The summed E-state index contributed by atoms with van der Waals surface area (Å²) in [5.74, 6) is 2.61. The van der Waals surface area contributed by atoms with Gasteiger partial charge in [-0.15, -0.1) is 0 Å². The van der Waals surface area contributed by atoms with Gasteiger partial charge in [0.15, 0.2) is 5.78 Å². The third kappa shape index (κ3) is 0.800. The lowest BCUT2D eigenvalue weighted by Gasteiger charge is -2.17. The van der Waals surface area contributed by atoms with Crippen LogP contribution in [-0.4, -0.2) is 5.78 Å². The molecule has 3 aliphatic carbocycles. The number of rotatable bonds is 1. The van der Waals surface area contributed by atoms with Gasteiger partial charge in [0, 0.05) is 5.92 Å². The van der Waals surface area contributed by atoms with Crippen molar-refractivity contribution in [3.05, 3.63) is 23.8 Å². The Morgan fingerprint density at radius 1 is 1.38 bits per heavy atom. The second-order valence-electron chi connectivity index (χ2n) is 4.46. The standard InChI is InChI=1S/C12H14O/c1-2-7-6-10-8-3-4-9(5-8)11(10)12(7)13/h3-4,6,8-11H,2,5H2,1H3/t8-,9+,10-,11+/m0/s1. The lowest BCUT2D eigenvalue weighted by Crippen LogP contribution is -2.21. The predicted octanol–water partition coefficient (Wildman–Crippen LogP) is 2.34. The van der Waals surface area contributed by atoms with Crippen LogP contribution >= 0.6 is 0 Å². The molecule has 0 aromatic heterocycles. The zero-order chi connectivity index (χ0) is 9.00. The number of hydrogen-bond donors (Lipinski definition) is 0. The van der Waals surface area contributed by atoms with E-state index in [4.69, 9.17) is 0 Å². The molecule has 0 aliphatic heterocycles. The highest BCUT2D eigenvalue weighted by molar-refractivity contribution is 6.00. The van der Waals surface area contributed by atoms with E-state index < -0.39 is 0 Å². The average molecular weight is 174 g/mol. The van der Waals surface area contributed by atoms with Crippen LogP contribution in [0.4, 0.5) is 0 Å². The summed E-state index contributed by atoms with van der Waals surface area (Å²) in [6.07, 6.45) is 8.98. The molecule has 0 aromatic carbocycles. The summed E-state index contributed by atoms with van der Waals surface area (Å²) in [6, 6.07) is 0. The number of fused-ring (bicyclic) bond motifs is 5. The maximum atomic E-state index is 11.9. The molecule has 3 rings (SSSR count). The largest absolute Gasteiger partial charge is 0.294 e. The van der Waals surface area contributed by atoms with E-state index in [0.29, 0.717) is 29.5 Å². The van der Waals surface area contributed by atoms with Gasteiger partial charge in [-0.1, -0.05) is 25.2 Å². The SMILES string of the molecule is CCC1=C[C@@H]2[C@H](C1=O)[C@@H]1C=C[C@H]2C1. The Balaban J connectivity index is 2.00. The summed E-state index contributed by atoms with van der Waals surface area (Å²) in [7, 11) is 0. The lowest BCUT2D eigenvalue weighted by atomic mass is 9.85. The van der Waals surface area contributed by atoms with Crippen molar-refractivity contribution in [2.24, 2.45) is 23.7 Å². The highest BCUT2D eigenvalue weighted by Gasteiger charge is 2.50. The second-order valence-corrected chi connectivity index (χ2v) is 4.46. The molecule has 0 radical (unpaired) electrons. The first-order valence-corrected chi connectivity index (χ1v) is 5.24. The molecule has 2 bridgehead atoms. The number of carbonyl (C=O) groups excluding carboxylic acids is 1. The molecule has 0 unspecified atom stereocenters. The van der Waals surface area contributed by atoms with Crippen LogP contribution in [0.25, 0.3) is 0 Å². The third-order valence-corrected chi connectivity index (χ3v) is 3.91. The van der Waals surface area contributed by atoms with E-state index in [2.05, 4.69) is 25.2 Å². The summed E-state index contributed by atoms with van der Waals surface area (Å²) in [5.41, 5.74) is 1.09. The van der Waals surface area contributed by atoms with Crippen LogP contribution < -0.4 is 0 Å². The third-order valence-electron chi connectivity index (χ3n) is 3.91. The maximum absolute atomic E-state index is 11.9. The Labute approximate surface area is 78.5 Å². The fourth-order valence-corrected chi connectivity index (χ4v) is 3.28. The molecule has 4 atom stereocenters. The van der Waals surface area contributed by atoms with Crippen LogP contribution in [0.3, 0.4) is 0 Å². The minimum atomic E-state index is 0.338. The minimum Gasteiger partial charge on any atom is -0.294 e. The van der Waals surface area contributed by atoms with Crippen molar-refractivity contribution in [1.29, 1.82) is 0 Å². The predicted molar refractivity (Wildman–Crippen MR) is 51.1 cm³/mol. The number of allylic oxidation sites excluding steroid dienone is 4. The fraction of sp³-hybridized carbons (Fsp3) is 0.583. The Bertz CT molecular complexity index is 324. The Morgan fingerprint density at radius 3 is 2.85 bits per heavy atom. The summed E-state index contributed by atoms with van der Waals surface area (Å²) < 4.78 is 0. The van der Waals surface area contributed by atoms with Crippen LogP contribution in [0.2, 0.25) is 0 Å². The summed E-state index contributed by atoms with van der Waals surface area (Å²) >= 11 is 0. The maximum Gasteiger partial charge on any atom is 0.162 e. The molecule has 1 fully saturated rings. The highest BCUT2D eigenvalue weighted by atomic mass is 16.1. The van der Waals surface area contributed by atoms with Crippen LogP contribution in [-0.2, 0) is 4.79 Å². The van der Waals surface area contributed by atoms with Gasteiger partial charge in [-0.2, -0.15) is 0 Å². The number of ketones is 1. The normalized spacial score (nSPS) is 45.6. The topological polar surface area (TPSA) is 17.1 Å². The molecule has 1 heteroatoms.